The zero-order chi connectivity index (χ0) is 15.9. The lowest BCUT2D eigenvalue weighted by Gasteiger charge is -2.30. The molecular weight excluding hydrogens is 278 g/mol. The van der Waals surface area contributed by atoms with Crippen molar-refractivity contribution in [2.24, 2.45) is 0 Å². The molecule has 0 atom stereocenters. The van der Waals surface area contributed by atoms with Gasteiger partial charge in [0.05, 0.1) is 14.2 Å². The number of rotatable bonds is 5. The SMILES string of the molecule is COc1ccc(C=CC(=O)N(C)C2CCCCC2)c(OC)c1. The van der Waals surface area contributed by atoms with Crippen LogP contribution in [0.3, 0.4) is 0 Å². The number of nitrogens with zero attached hydrogens (tertiary/aromatic N) is 1. The third-order valence-electron chi connectivity index (χ3n) is 4.32. The monoisotopic (exact) mass is 303 g/mol. The average Bonchev–Trinajstić information content (AvgIpc) is 2.59. The molecule has 2 rings (SSSR count). The zero-order valence-electron chi connectivity index (χ0n) is 13.7. The molecule has 22 heavy (non-hydrogen) atoms. The van der Waals surface area contributed by atoms with Crippen LogP contribution in [-0.4, -0.2) is 38.1 Å². The Morgan fingerprint density at radius 3 is 2.55 bits per heavy atom. The minimum atomic E-state index is 0.0461. The van der Waals surface area contributed by atoms with Crippen LogP contribution in [0.4, 0.5) is 0 Å². The molecule has 1 aromatic carbocycles. The molecule has 0 bridgehead atoms. The summed E-state index contributed by atoms with van der Waals surface area (Å²) in [6, 6.07) is 5.94. The molecule has 0 spiro atoms. The minimum absolute atomic E-state index is 0.0461. The number of likely N-dealkylation sites (N-methyl/N-ethyl adjacent to an activating group) is 1. The van der Waals surface area contributed by atoms with Gasteiger partial charge in [-0.1, -0.05) is 19.3 Å². The normalized spacial score (nSPS) is 15.8. The Labute approximate surface area is 132 Å². The largest absolute Gasteiger partial charge is 0.497 e. The van der Waals surface area contributed by atoms with Crippen molar-refractivity contribution in [1.82, 2.24) is 4.90 Å². The summed E-state index contributed by atoms with van der Waals surface area (Å²) in [5.41, 5.74) is 0.869. The molecule has 1 saturated carbocycles. The highest BCUT2D eigenvalue weighted by Gasteiger charge is 2.20. The quantitative estimate of drug-likeness (QED) is 0.781. The molecule has 1 fully saturated rings. The number of methoxy groups -OCH3 is 2. The topological polar surface area (TPSA) is 38.8 Å². The Balaban J connectivity index is 2.05. The molecule has 0 aliphatic heterocycles. The summed E-state index contributed by atoms with van der Waals surface area (Å²) in [5.74, 6) is 1.48. The lowest BCUT2D eigenvalue weighted by Crippen LogP contribution is -2.37. The molecule has 120 valence electrons. The lowest BCUT2D eigenvalue weighted by molar-refractivity contribution is -0.127. The van der Waals surface area contributed by atoms with Crippen molar-refractivity contribution in [3.63, 3.8) is 0 Å². The molecule has 1 amide bonds. The number of hydrogen-bond donors (Lipinski definition) is 0. The molecule has 1 aromatic rings. The van der Waals surface area contributed by atoms with E-state index < -0.39 is 0 Å². The first-order valence-corrected chi connectivity index (χ1v) is 7.82. The summed E-state index contributed by atoms with van der Waals surface area (Å²) >= 11 is 0. The maximum absolute atomic E-state index is 12.3. The standard InChI is InChI=1S/C18H25NO3/c1-19(15-7-5-4-6-8-15)18(20)12-10-14-9-11-16(21-2)13-17(14)22-3/h9-13,15H,4-8H2,1-3H3. The van der Waals surface area contributed by atoms with Gasteiger partial charge in [0.2, 0.25) is 5.91 Å². The summed E-state index contributed by atoms with van der Waals surface area (Å²) in [6.45, 7) is 0. The van der Waals surface area contributed by atoms with Crippen molar-refractivity contribution < 1.29 is 14.3 Å². The lowest BCUT2D eigenvalue weighted by atomic mass is 9.94. The maximum Gasteiger partial charge on any atom is 0.246 e. The molecule has 0 heterocycles. The molecule has 0 radical (unpaired) electrons. The van der Waals surface area contributed by atoms with E-state index in [1.54, 1.807) is 26.4 Å². The Hall–Kier alpha value is -1.97. The van der Waals surface area contributed by atoms with E-state index in [-0.39, 0.29) is 5.91 Å². The van der Waals surface area contributed by atoms with Crippen LogP contribution in [-0.2, 0) is 4.79 Å². The van der Waals surface area contributed by atoms with Crippen LogP contribution in [0.2, 0.25) is 0 Å². The second-order valence-electron chi connectivity index (χ2n) is 5.68. The molecule has 4 heteroatoms. The Kier molecular flexibility index (Phi) is 5.87. The van der Waals surface area contributed by atoms with E-state index >= 15 is 0 Å². The van der Waals surface area contributed by atoms with Crippen molar-refractivity contribution in [2.45, 2.75) is 38.1 Å². The number of hydrogen-bond acceptors (Lipinski definition) is 3. The van der Waals surface area contributed by atoms with Crippen molar-refractivity contribution in [2.75, 3.05) is 21.3 Å². The first-order chi connectivity index (χ1) is 10.7. The number of carbonyl (C=O) groups is 1. The van der Waals surface area contributed by atoms with Crippen LogP contribution in [0.25, 0.3) is 6.08 Å². The smallest absolute Gasteiger partial charge is 0.246 e. The number of amides is 1. The van der Waals surface area contributed by atoms with Crippen molar-refractivity contribution >= 4 is 12.0 Å². The molecule has 0 unspecified atom stereocenters. The fourth-order valence-electron chi connectivity index (χ4n) is 2.88. The second-order valence-corrected chi connectivity index (χ2v) is 5.68. The van der Waals surface area contributed by atoms with Gasteiger partial charge in [0, 0.05) is 30.8 Å². The number of ether oxygens (including phenoxy) is 2. The van der Waals surface area contributed by atoms with Gasteiger partial charge in [0.15, 0.2) is 0 Å². The van der Waals surface area contributed by atoms with E-state index in [0.717, 1.165) is 24.2 Å². The summed E-state index contributed by atoms with van der Waals surface area (Å²) < 4.78 is 10.5. The van der Waals surface area contributed by atoms with Crippen LogP contribution in [0.15, 0.2) is 24.3 Å². The molecule has 0 saturated heterocycles. The summed E-state index contributed by atoms with van der Waals surface area (Å²) in [7, 11) is 5.13. The number of carbonyl (C=O) groups excluding carboxylic acids is 1. The first-order valence-electron chi connectivity index (χ1n) is 7.82. The van der Waals surface area contributed by atoms with E-state index in [0.29, 0.717) is 11.8 Å². The minimum Gasteiger partial charge on any atom is -0.497 e. The average molecular weight is 303 g/mol. The Morgan fingerprint density at radius 1 is 1.18 bits per heavy atom. The van der Waals surface area contributed by atoms with E-state index in [4.69, 9.17) is 9.47 Å². The van der Waals surface area contributed by atoms with Gasteiger partial charge >= 0.3 is 0 Å². The van der Waals surface area contributed by atoms with Crippen molar-refractivity contribution in [3.05, 3.63) is 29.8 Å². The maximum atomic E-state index is 12.3. The van der Waals surface area contributed by atoms with Gasteiger partial charge in [0.1, 0.15) is 11.5 Å². The molecule has 0 aromatic heterocycles. The van der Waals surface area contributed by atoms with Crippen molar-refractivity contribution in [1.29, 1.82) is 0 Å². The predicted octanol–water partition coefficient (Wildman–Crippen LogP) is 3.51. The highest BCUT2D eigenvalue weighted by Crippen LogP contribution is 2.26. The third kappa shape index (κ3) is 4.03. The van der Waals surface area contributed by atoms with Gasteiger partial charge in [-0.15, -0.1) is 0 Å². The van der Waals surface area contributed by atoms with Crippen LogP contribution in [0.1, 0.15) is 37.7 Å². The van der Waals surface area contributed by atoms with E-state index in [2.05, 4.69) is 0 Å². The first kappa shape index (κ1) is 16.4. The summed E-state index contributed by atoms with van der Waals surface area (Å²) in [4.78, 5) is 14.2. The molecule has 4 nitrogen and oxygen atoms in total. The van der Waals surface area contributed by atoms with E-state index in [1.165, 1.54) is 19.3 Å². The summed E-state index contributed by atoms with van der Waals surface area (Å²) in [6.07, 6.45) is 9.39. The van der Waals surface area contributed by atoms with Gasteiger partial charge in [-0.25, -0.2) is 0 Å². The van der Waals surface area contributed by atoms with Gasteiger partial charge in [-0.05, 0) is 31.1 Å². The highest BCUT2D eigenvalue weighted by atomic mass is 16.5. The highest BCUT2D eigenvalue weighted by molar-refractivity contribution is 5.92. The van der Waals surface area contributed by atoms with Crippen LogP contribution < -0.4 is 9.47 Å². The molecule has 1 aliphatic carbocycles. The third-order valence-corrected chi connectivity index (χ3v) is 4.32. The molecular formula is C18H25NO3. The van der Waals surface area contributed by atoms with Crippen LogP contribution in [0, 0.1) is 0 Å². The Morgan fingerprint density at radius 2 is 1.91 bits per heavy atom. The van der Waals surface area contributed by atoms with Gasteiger partial charge in [-0.3, -0.25) is 4.79 Å². The van der Waals surface area contributed by atoms with E-state index in [9.17, 15) is 4.79 Å². The van der Waals surface area contributed by atoms with E-state index in [1.807, 2.05) is 30.1 Å². The number of benzene rings is 1. The second kappa shape index (κ2) is 7.87. The van der Waals surface area contributed by atoms with Gasteiger partial charge in [-0.2, -0.15) is 0 Å². The predicted molar refractivity (Wildman–Crippen MR) is 88.2 cm³/mol. The molecule has 1 aliphatic rings. The Bertz CT molecular complexity index is 533. The van der Waals surface area contributed by atoms with Crippen LogP contribution in [0.5, 0.6) is 11.5 Å². The zero-order valence-corrected chi connectivity index (χ0v) is 13.7. The summed E-state index contributed by atoms with van der Waals surface area (Å²) in [5, 5.41) is 0. The molecule has 0 N–H and O–H groups in total. The fourth-order valence-corrected chi connectivity index (χ4v) is 2.88. The fraction of sp³-hybridized carbons (Fsp3) is 0.500. The van der Waals surface area contributed by atoms with Crippen LogP contribution >= 0.6 is 0 Å². The van der Waals surface area contributed by atoms with Gasteiger partial charge < -0.3 is 14.4 Å². The van der Waals surface area contributed by atoms with Crippen molar-refractivity contribution in [3.8, 4) is 11.5 Å². The van der Waals surface area contributed by atoms with Gasteiger partial charge in [0.25, 0.3) is 0 Å².